The minimum Gasteiger partial charge on any atom is -0.492 e. The second-order valence-electron chi connectivity index (χ2n) is 6.36. The molecule has 0 amide bonds. The number of carboxylic acids is 1. The summed E-state index contributed by atoms with van der Waals surface area (Å²) in [6, 6.07) is 19.7. The Morgan fingerprint density at radius 1 is 0.931 bits per heavy atom. The highest BCUT2D eigenvalue weighted by Gasteiger charge is 2.16. The number of aromatic carboxylic acids is 1. The third kappa shape index (κ3) is 5.36. The van der Waals surface area contributed by atoms with E-state index in [2.05, 4.69) is 0 Å². The van der Waals surface area contributed by atoms with Crippen LogP contribution in [-0.2, 0) is 9.84 Å². The topological polar surface area (TPSA) is 89.9 Å². The molecule has 0 aromatic heterocycles. The first-order valence-electron chi connectivity index (χ1n) is 8.87. The molecule has 0 atom stereocenters. The van der Waals surface area contributed by atoms with Gasteiger partial charge in [0.05, 0.1) is 10.6 Å². The molecule has 0 aliphatic heterocycles. The molecule has 29 heavy (non-hydrogen) atoms. The first kappa shape index (κ1) is 20.4. The van der Waals surface area contributed by atoms with Gasteiger partial charge in [-0.05, 0) is 43.3 Å². The van der Waals surface area contributed by atoms with Crippen LogP contribution in [0.15, 0.2) is 77.7 Å². The van der Waals surface area contributed by atoms with Crippen molar-refractivity contribution in [2.45, 2.75) is 11.8 Å². The lowest BCUT2D eigenvalue weighted by atomic mass is 10.2. The minimum atomic E-state index is -3.48. The number of para-hydroxylation sites is 1. The van der Waals surface area contributed by atoms with E-state index in [-0.39, 0.29) is 28.6 Å². The van der Waals surface area contributed by atoms with Gasteiger partial charge in [0.25, 0.3) is 0 Å². The van der Waals surface area contributed by atoms with Crippen molar-refractivity contribution in [3.05, 3.63) is 83.9 Å². The van der Waals surface area contributed by atoms with E-state index in [0.717, 1.165) is 5.56 Å². The van der Waals surface area contributed by atoms with Gasteiger partial charge in [0.2, 0.25) is 0 Å². The van der Waals surface area contributed by atoms with Crippen molar-refractivity contribution in [2.75, 3.05) is 12.4 Å². The molecule has 0 fully saturated rings. The average molecular weight is 412 g/mol. The molecular formula is C22H20O6S. The summed E-state index contributed by atoms with van der Waals surface area (Å²) in [6.45, 7) is 1.81. The molecule has 3 rings (SSSR count). The Hall–Kier alpha value is -3.32. The van der Waals surface area contributed by atoms with E-state index in [9.17, 15) is 18.3 Å². The monoisotopic (exact) mass is 412 g/mol. The Balaban J connectivity index is 1.71. The van der Waals surface area contributed by atoms with E-state index in [1.165, 1.54) is 18.2 Å². The quantitative estimate of drug-likeness (QED) is 0.592. The molecule has 3 aromatic rings. The Bertz CT molecular complexity index is 1090. The van der Waals surface area contributed by atoms with Crippen LogP contribution in [0.5, 0.6) is 17.2 Å². The summed E-state index contributed by atoms with van der Waals surface area (Å²) in [6.07, 6.45) is 0. The lowest BCUT2D eigenvalue weighted by Gasteiger charge is -2.12. The van der Waals surface area contributed by atoms with Gasteiger partial charge in [0.1, 0.15) is 29.4 Å². The molecule has 0 saturated carbocycles. The van der Waals surface area contributed by atoms with E-state index < -0.39 is 15.8 Å². The second-order valence-corrected chi connectivity index (χ2v) is 8.47. The van der Waals surface area contributed by atoms with Crippen molar-refractivity contribution < 1.29 is 27.8 Å². The van der Waals surface area contributed by atoms with E-state index >= 15 is 0 Å². The minimum absolute atomic E-state index is 0.0199. The summed E-state index contributed by atoms with van der Waals surface area (Å²) in [4.78, 5) is 11.7. The van der Waals surface area contributed by atoms with Gasteiger partial charge in [-0.1, -0.05) is 35.9 Å². The van der Waals surface area contributed by atoms with E-state index in [1.807, 2.05) is 13.0 Å². The van der Waals surface area contributed by atoms with Gasteiger partial charge in [-0.15, -0.1) is 0 Å². The fourth-order valence-electron chi connectivity index (χ4n) is 2.60. The Kier molecular flexibility index (Phi) is 6.19. The number of sulfone groups is 1. The number of ether oxygens (including phenoxy) is 2. The van der Waals surface area contributed by atoms with Gasteiger partial charge in [-0.25, -0.2) is 13.2 Å². The van der Waals surface area contributed by atoms with Crippen LogP contribution in [0.1, 0.15) is 15.9 Å². The maximum absolute atomic E-state index is 12.4. The number of hydrogen-bond acceptors (Lipinski definition) is 5. The molecule has 6 nitrogen and oxygen atoms in total. The van der Waals surface area contributed by atoms with E-state index in [1.54, 1.807) is 48.5 Å². The zero-order chi connectivity index (χ0) is 20.9. The first-order chi connectivity index (χ1) is 13.8. The zero-order valence-corrected chi connectivity index (χ0v) is 16.6. The van der Waals surface area contributed by atoms with Crippen LogP contribution in [0.2, 0.25) is 0 Å². The van der Waals surface area contributed by atoms with Gasteiger partial charge in [0, 0.05) is 6.07 Å². The summed E-state index contributed by atoms with van der Waals surface area (Å²) in [5.74, 6) is -0.424. The highest BCUT2D eigenvalue weighted by Crippen LogP contribution is 2.29. The third-order valence-electron chi connectivity index (χ3n) is 4.16. The third-order valence-corrected chi connectivity index (χ3v) is 5.85. The van der Waals surface area contributed by atoms with Gasteiger partial charge >= 0.3 is 5.97 Å². The number of carbonyl (C=O) groups is 1. The van der Waals surface area contributed by atoms with Crippen LogP contribution >= 0.6 is 0 Å². The van der Waals surface area contributed by atoms with Gasteiger partial charge in [-0.3, -0.25) is 0 Å². The molecule has 0 heterocycles. The lowest BCUT2D eigenvalue weighted by Crippen LogP contribution is -2.14. The number of rotatable bonds is 8. The predicted molar refractivity (Wildman–Crippen MR) is 109 cm³/mol. The maximum atomic E-state index is 12.4. The number of benzene rings is 3. The SMILES string of the molecule is Cc1ccc(S(=O)(=O)CCOc2ccc(C(=O)O)c(Oc3ccccc3)c2)cc1. The Morgan fingerprint density at radius 3 is 2.28 bits per heavy atom. The molecule has 150 valence electrons. The number of hydrogen-bond donors (Lipinski definition) is 1. The summed E-state index contributed by atoms with van der Waals surface area (Å²) in [5.41, 5.74) is 0.957. The summed E-state index contributed by atoms with van der Waals surface area (Å²) in [7, 11) is -3.48. The molecule has 0 radical (unpaired) electrons. The highest BCUT2D eigenvalue weighted by molar-refractivity contribution is 7.91. The zero-order valence-electron chi connectivity index (χ0n) is 15.7. The number of aryl methyl sites for hydroxylation is 1. The fraction of sp³-hybridized carbons (Fsp3) is 0.136. The van der Waals surface area contributed by atoms with Crippen molar-refractivity contribution in [3.63, 3.8) is 0 Å². The van der Waals surface area contributed by atoms with Crippen LogP contribution in [0.3, 0.4) is 0 Å². The molecule has 0 spiro atoms. The second kappa shape index (κ2) is 8.79. The lowest BCUT2D eigenvalue weighted by molar-refractivity contribution is 0.0694. The van der Waals surface area contributed by atoms with Crippen molar-refractivity contribution >= 4 is 15.8 Å². The van der Waals surface area contributed by atoms with Gasteiger partial charge < -0.3 is 14.6 Å². The molecule has 0 aliphatic carbocycles. The van der Waals surface area contributed by atoms with Gasteiger partial charge in [-0.2, -0.15) is 0 Å². The normalized spacial score (nSPS) is 11.1. The maximum Gasteiger partial charge on any atom is 0.339 e. The summed E-state index contributed by atoms with van der Waals surface area (Å²) >= 11 is 0. The molecule has 7 heteroatoms. The molecule has 0 unspecified atom stereocenters. The summed E-state index contributed by atoms with van der Waals surface area (Å²) < 4.78 is 36.0. The number of carboxylic acid groups (broad SMARTS) is 1. The summed E-state index contributed by atoms with van der Waals surface area (Å²) in [5, 5.41) is 9.36. The highest BCUT2D eigenvalue weighted by atomic mass is 32.2. The van der Waals surface area contributed by atoms with E-state index in [0.29, 0.717) is 11.5 Å². The average Bonchev–Trinajstić information content (AvgIpc) is 2.69. The van der Waals surface area contributed by atoms with Crippen LogP contribution in [0, 0.1) is 6.92 Å². The van der Waals surface area contributed by atoms with E-state index in [4.69, 9.17) is 9.47 Å². The van der Waals surface area contributed by atoms with Crippen molar-refractivity contribution in [1.29, 1.82) is 0 Å². The van der Waals surface area contributed by atoms with Crippen LogP contribution < -0.4 is 9.47 Å². The van der Waals surface area contributed by atoms with Crippen molar-refractivity contribution in [2.24, 2.45) is 0 Å². The largest absolute Gasteiger partial charge is 0.492 e. The van der Waals surface area contributed by atoms with Gasteiger partial charge in [0.15, 0.2) is 9.84 Å². The Morgan fingerprint density at radius 2 is 1.62 bits per heavy atom. The molecule has 0 saturated heterocycles. The smallest absolute Gasteiger partial charge is 0.339 e. The Labute approximate surface area is 169 Å². The van der Waals surface area contributed by atoms with Crippen molar-refractivity contribution in [3.8, 4) is 17.2 Å². The van der Waals surface area contributed by atoms with Crippen LogP contribution in [-0.4, -0.2) is 31.9 Å². The molecule has 0 bridgehead atoms. The molecule has 1 N–H and O–H groups in total. The standard InChI is InChI=1S/C22H20O6S/c1-16-7-10-19(11-8-16)29(25,26)14-13-27-18-9-12-20(22(23)24)21(15-18)28-17-5-3-2-4-6-17/h2-12,15H,13-14H2,1H3,(H,23,24). The van der Waals surface area contributed by atoms with Crippen LogP contribution in [0.25, 0.3) is 0 Å². The predicted octanol–water partition coefficient (Wildman–Crippen LogP) is 4.34. The van der Waals surface area contributed by atoms with Crippen molar-refractivity contribution in [1.82, 2.24) is 0 Å². The fourth-order valence-corrected chi connectivity index (χ4v) is 3.69. The van der Waals surface area contributed by atoms with Crippen LogP contribution in [0.4, 0.5) is 0 Å². The molecular weight excluding hydrogens is 392 g/mol. The molecule has 0 aliphatic rings. The molecule has 3 aromatic carbocycles. The first-order valence-corrected chi connectivity index (χ1v) is 10.5.